The molecule has 7 nitrogen and oxygen atoms in total. The van der Waals surface area contributed by atoms with Gasteiger partial charge in [0.05, 0.1) is 21.6 Å². The number of likely N-dealkylation sites (tertiary alicyclic amines) is 1. The van der Waals surface area contributed by atoms with E-state index in [2.05, 4.69) is 27.3 Å². The summed E-state index contributed by atoms with van der Waals surface area (Å²) in [4.78, 5) is 20.4. The van der Waals surface area contributed by atoms with Crippen LogP contribution in [0.4, 0.5) is 0 Å². The first-order valence-corrected chi connectivity index (χ1v) is 9.87. The summed E-state index contributed by atoms with van der Waals surface area (Å²) in [6.45, 7) is 4.33. The monoisotopic (exact) mass is 385 g/mol. The van der Waals surface area contributed by atoms with Gasteiger partial charge in [0.1, 0.15) is 18.1 Å². The third-order valence-corrected chi connectivity index (χ3v) is 5.87. The molecule has 1 aromatic carbocycles. The lowest BCUT2D eigenvalue weighted by atomic mass is 10.1. The van der Waals surface area contributed by atoms with Crippen molar-refractivity contribution < 1.29 is 9.53 Å². The number of rotatable bonds is 5. The smallest absolute Gasteiger partial charge is 0.270 e. The van der Waals surface area contributed by atoms with E-state index in [1.165, 1.54) is 0 Å². The lowest BCUT2D eigenvalue weighted by Crippen LogP contribution is -2.37. The number of likely N-dealkylation sites (N-methyl/N-ethyl adjacent to an activating group) is 1. The largest absolute Gasteiger partial charge is 0.488 e. The zero-order valence-corrected chi connectivity index (χ0v) is 16.5. The van der Waals surface area contributed by atoms with Gasteiger partial charge in [-0.3, -0.25) is 9.48 Å². The summed E-state index contributed by atoms with van der Waals surface area (Å²) >= 11 is 1.58. The minimum absolute atomic E-state index is 0.0873. The van der Waals surface area contributed by atoms with E-state index >= 15 is 0 Å². The number of nitrogens with one attached hydrogen (secondary N) is 1. The molecule has 1 aliphatic rings. The first kappa shape index (κ1) is 17.9. The average molecular weight is 385 g/mol. The number of hydrogen-bond acceptors (Lipinski definition) is 6. The van der Waals surface area contributed by atoms with E-state index in [1.54, 1.807) is 23.1 Å². The van der Waals surface area contributed by atoms with E-state index < -0.39 is 0 Å². The third-order valence-electron chi connectivity index (χ3n) is 4.96. The van der Waals surface area contributed by atoms with Crippen LogP contribution in [0.2, 0.25) is 0 Å². The van der Waals surface area contributed by atoms with Crippen LogP contribution >= 0.6 is 11.3 Å². The molecule has 1 atom stereocenters. The predicted octanol–water partition coefficient (Wildman–Crippen LogP) is 2.35. The van der Waals surface area contributed by atoms with Crippen LogP contribution in [0.3, 0.4) is 0 Å². The van der Waals surface area contributed by atoms with Gasteiger partial charge in [0, 0.05) is 25.0 Å². The van der Waals surface area contributed by atoms with Crippen LogP contribution in [0.15, 0.2) is 23.7 Å². The number of carbonyl (C=O) groups is 1. The number of ether oxygens (including phenoxy) is 1. The predicted molar refractivity (Wildman–Crippen MR) is 105 cm³/mol. The van der Waals surface area contributed by atoms with E-state index in [-0.39, 0.29) is 11.9 Å². The van der Waals surface area contributed by atoms with Crippen molar-refractivity contribution in [1.82, 2.24) is 25.0 Å². The number of aromatic nitrogens is 3. The molecule has 3 aromatic rings. The van der Waals surface area contributed by atoms with Gasteiger partial charge in [0.25, 0.3) is 5.91 Å². The first-order chi connectivity index (χ1) is 13.0. The van der Waals surface area contributed by atoms with Crippen molar-refractivity contribution in [3.8, 4) is 5.75 Å². The number of thiazole rings is 1. The fourth-order valence-electron chi connectivity index (χ4n) is 3.46. The Hall–Kier alpha value is -2.45. The molecule has 1 fully saturated rings. The van der Waals surface area contributed by atoms with Gasteiger partial charge in [-0.15, -0.1) is 11.3 Å². The molecule has 0 radical (unpaired) electrons. The summed E-state index contributed by atoms with van der Waals surface area (Å²) < 4.78 is 7.57. The molecular weight excluding hydrogens is 362 g/mol. The molecule has 4 rings (SSSR count). The fraction of sp³-hybridized carbons (Fsp3) is 0.421. The van der Waals surface area contributed by atoms with Crippen LogP contribution in [-0.2, 0) is 13.7 Å². The molecule has 2 aromatic heterocycles. The Bertz CT molecular complexity index is 980. The average Bonchev–Trinajstić information content (AvgIpc) is 3.31. The maximum Gasteiger partial charge on any atom is 0.270 e. The number of carbonyl (C=O) groups excluding carboxylic acids is 1. The van der Waals surface area contributed by atoms with E-state index in [0.717, 1.165) is 46.7 Å². The minimum atomic E-state index is -0.0873. The fourth-order valence-corrected chi connectivity index (χ4v) is 4.15. The number of aryl methyl sites for hydroxylation is 2. The van der Waals surface area contributed by atoms with E-state index in [1.807, 2.05) is 30.6 Å². The van der Waals surface area contributed by atoms with E-state index in [4.69, 9.17) is 4.74 Å². The normalized spacial score (nSPS) is 17.5. The van der Waals surface area contributed by atoms with Crippen molar-refractivity contribution in [3.05, 3.63) is 40.0 Å². The molecule has 1 saturated heterocycles. The number of hydrogen-bond donors (Lipinski definition) is 1. The molecule has 0 saturated carbocycles. The molecule has 0 bridgehead atoms. The second kappa shape index (κ2) is 7.28. The Kier molecular flexibility index (Phi) is 4.84. The van der Waals surface area contributed by atoms with Crippen LogP contribution < -0.4 is 10.1 Å². The van der Waals surface area contributed by atoms with Gasteiger partial charge in [-0.25, -0.2) is 4.98 Å². The van der Waals surface area contributed by atoms with Crippen LogP contribution in [0.25, 0.3) is 10.9 Å². The van der Waals surface area contributed by atoms with Crippen LogP contribution in [0.1, 0.15) is 27.5 Å². The van der Waals surface area contributed by atoms with Gasteiger partial charge in [-0.05, 0) is 45.1 Å². The van der Waals surface area contributed by atoms with Crippen LogP contribution in [0, 0.1) is 6.92 Å². The van der Waals surface area contributed by atoms with Gasteiger partial charge < -0.3 is 15.0 Å². The number of benzene rings is 1. The second-order valence-electron chi connectivity index (χ2n) is 7.02. The standard InChI is InChI=1S/C19H23N5O2S/c1-12-17(27-11-20-12)10-26-14-4-5-16-15(8-14)18(24(3)22-16)19(25)21-13-6-7-23(2)9-13/h4-5,8,11,13H,6-7,9-10H2,1-3H3,(H,21,25). The van der Waals surface area contributed by atoms with Crippen LogP contribution in [0.5, 0.6) is 5.75 Å². The number of nitrogens with zero attached hydrogens (tertiary/aromatic N) is 4. The van der Waals surface area contributed by atoms with Crippen LogP contribution in [-0.4, -0.2) is 51.8 Å². The van der Waals surface area contributed by atoms with Crippen molar-refractivity contribution >= 4 is 28.1 Å². The molecule has 3 heterocycles. The SMILES string of the molecule is Cc1ncsc1COc1ccc2nn(C)c(C(=O)NC3CCN(C)C3)c2c1. The highest BCUT2D eigenvalue weighted by molar-refractivity contribution is 7.09. The molecular formula is C19H23N5O2S. The Morgan fingerprint density at radius 1 is 1.41 bits per heavy atom. The maximum atomic E-state index is 12.9. The van der Waals surface area contributed by atoms with E-state index in [9.17, 15) is 4.79 Å². The lowest BCUT2D eigenvalue weighted by molar-refractivity contribution is 0.0930. The quantitative estimate of drug-likeness (QED) is 0.730. The second-order valence-corrected chi connectivity index (χ2v) is 7.96. The van der Waals surface area contributed by atoms with E-state index in [0.29, 0.717) is 12.3 Å². The Labute approximate surface area is 162 Å². The van der Waals surface area contributed by atoms with Crippen molar-refractivity contribution in [2.24, 2.45) is 7.05 Å². The maximum absolute atomic E-state index is 12.9. The molecule has 1 N–H and O–H groups in total. The van der Waals surface area contributed by atoms with Crippen molar-refractivity contribution in [2.45, 2.75) is 26.0 Å². The van der Waals surface area contributed by atoms with Gasteiger partial charge in [0.15, 0.2) is 0 Å². The summed E-state index contributed by atoms with van der Waals surface area (Å²) in [7, 11) is 3.87. The molecule has 1 amide bonds. The summed E-state index contributed by atoms with van der Waals surface area (Å²) in [5.74, 6) is 0.633. The molecule has 1 aliphatic heterocycles. The molecule has 8 heteroatoms. The highest BCUT2D eigenvalue weighted by atomic mass is 32.1. The summed E-state index contributed by atoms with van der Waals surface area (Å²) in [6.07, 6.45) is 0.973. The highest BCUT2D eigenvalue weighted by Crippen LogP contribution is 2.25. The Balaban J connectivity index is 1.56. The summed E-state index contributed by atoms with van der Waals surface area (Å²) in [5, 5.41) is 8.41. The molecule has 0 aliphatic carbocycles. The van der Waals surface area contributed by atoms with Crippen molar-refractivity contribution in [2.75, 3.05) is 20.1 Å². The van der Waals surface area contributed by atoms with Crippen molar-refractivity contribution in [3.63, 3.8) is 0 Å². The van der Waals surface area contributed by atoms with Gasteiger partial charge >= 0.3 is 0 Å². The molecule has 142 valence electrons. The molecule has 1 unspecified atom stereocenters. The number of amides is 1. The summed E-state index contributed by atoms with van der Waals surface area (Å²) in [5.41, 5.74) is 4.16. The van der Waals surface area contributed by atoms with Crippen molar-refractivity contribution in [1.29, 1.82) is 0 Å². The van der Waals surface area contributed by atoms with Gasteiger partial charge in [0.2, 0.25) is 0 Å². The topological polar surface area (TPSA) is 72.3 Å². The first-order valence-electron chi connectivity index (χ1n) is 8.99. The minimum Gasteiger partial charge on any atom is -0.488 e. The Morgan fingerprint density at radius 3 is 2.96 bits per heavy atom. The Morgan fingerprint density at radius 2 is 2.26 bits per heavy atom. The third kappa shape index (κ3) is 3.68. The van der Waals surface area contributed by atoms with Gasteiger partial charge in [-0.1, -0.05) is 0 Å². The number of fused-ring (bicyclic) bond motifs is 1. The van der Waals surface area contributed by atoms with Gasteiger partial charge in [-0.2, -0.15) is 5.10 Å². The summed E-state index contributed by atoms with van der Waals surface area (Å²) in [6, 6.07) is 5.86. The molecule has 0 spiro atoms. The highest BCUT2D eigenvalue weighted by Gasteiger charge is 2.24. The zero-order valence-electron chi connectivity index (χ0n) is 15.7. The zero-order chi connectivity index (χ0) is 19.0. The molecule has 27 heavy (non-hydrogen) atoms. The lowest BCUT2D eigenvalue weighted by Gasteiger charge is -2.13.